The van der Waals surface area contributed by atoms with Gasteiger partial charge in [0, 0.05) is 42.3 Å². The second-order valence-electron chi connectivity index (χ2n) is 9.10. The van der Waals surface area contributed by atoms with Crippen molar-refractivity contribution in [3.05, 3.63) is 98.4 Å². The van der Waals surface area contributed by atoms with Gasteiger partial charge in [0.1, 0.15) is 6.61 Å². The van der Waals surface area contributed by atoms with E-state index in [2.05, 4.69) is 5.32 Å². The number of nitrogens with zero attached hydrogens (tertiary/aromatic N) is 2. The first-order chi connectivity index (χ1) is 17.3. The minimum atomic E-state index is -0.376. The summed E-state index contributed by atoms with van der Waals surface area (Å²) in [5, 5.41) is 3.52. The zero-order valence-corrected chi connectivity index (χ0v) is 21.3. The van der Waals surface area contributed by atoms with Gasteiger partial charge in [0.2, 0.25) is 11.3 Å². The second-order valence-corrected chi connectivity index (χ2v) is 9.54. The first kappa shape index (κ1) is 25.5. The molecule has 36 heavy (non-hydrogen) atoms. The van der Waals surface area contributed by atoms with Gasteiger partial charge in [-0.3, -0.25) is 14.4 Å². The van der Waals surface area contributed by atoms with Gasteiger partial charge in [0.15, 0.2) is 11.4 Å². The molecular weight excluding hydrogens is 478 g/mol. The molecule has 3 aromatic rings. The van der Waals surface area contributed by atoms with Crippen LogP contribution < -0.4 is 15.5 Å². The van der Waals surface area contributed by atoms with E-state index in [-0.39, 0.29) is 54.3 Å². The molecule has 1 aliphatic rings. The summed E-state index contributed by atoms with van der Waals surface area (Å²) in [5.41, 5.74) is 2.32. The van der Waals surface area contributed by atoms with Crippen molar-refractivity contribution in [1.82, 2.24) is 14.8 Å². The number of fused-ring (bicyclic) bond motifs is 1. The molecular formula is C28H30ClN3O4. The minimum Gasteiger partial charge on any atom is -0.483 e. The molecule has 0 saturated heterocycles. The summed E-state index contributed by atoms with van der Waals surface area (Å²) in [6.45, 7) is 5.23. The predicted octanol–water partition coefficient (Wildman–Crippen LogP) is 4.19. The maximum Gasteiger partial charge on any atom is 0.274 e. The van der Waals surface area contributed by atoms with Gasteiger partial charge in [-0.1, -0.05) is 54.1 Å². The topological polar surface area (TPSA) is 80.6 Å². The molecule has 8 heteroatoms. The summed E-state index contributed by atoms with van der Waals surface area (Å²) in [6, 6.07) is 18.4. The van der Waals surface area contributed by atoms with Crippen molar-refractivity contribution in [2.24, 2.45) is 0 Å². The number of benzene rings is 2. The van der Waals surface area contributed by atoms with Crippen molar-refractivity contribution in [3.63, 3.8) is 0 Å². The van der Waals surface area contributed by atoms with Crippen LogP contribution in [-0.2, 0) is 30.9 Å². The van der Waals surface area contributed by atoms with Gasteiger partial charge in [0.25, 0.3) is 5.91 Å². The monoisotopic (exact) mass is 507 g/mol. The van der Waals surface area contributed by atoms with E-state index < -0.39 is 0 Å². The number of hydrogen-bond acceptors (Lipinski definition) is 4. The number of amides is 2. The smallest absolute Gasteiger partial charge is 0.274 e. The molecule has 0 radical (unpaired) electrons. The number of pyridine rings is 1. The summed E-state index contributed by atoms with van der Waals surface area (Å²) < 4.78 is 7.72. The Hall–Kier alpha value is -3.58. The van der Waals surface area contributed by atoms with E-state index in [9.17, 15) is 14.4 Å². The Morgan fingerprint density at radius 1 is 1.03 bits per heavy atom. The standard InChI is InChI=1S/C28H30ClN3O4/c1-19(2)31-13-14-32-23(17-30-25(34)12-11-20-9-6-10-22(29)15-20)16-24(33)27(26(32)28(31)35)36-18-21-7-4-3-5-8-21/h3-10,15-16,19H,11-14,17-18H2,1-2H3,(H,30,34). The fourth-order valence-electron chi connectivity index (χ4n) is 4.33. The molecule has 0 unspecified atom stereocenters. The predicted molar refractivity (Wildman–Crippen MR) is 139 cm³/mol. The Labute approximate surface area is 215 Å². The van der Waals surface area contributed by atoms with E-state index in [1.165, 1.54) is 6.07 Å². The molecule has 7 nitrogen and oxygen atoms in total. The van der Waals surface area contributed by atoms with Crippen molar-refractivity contribution in [1.29, 1.82) is 0 Å². The number of halogens is 1. The molecule has 0 aliphatic carbocycles. The number of carbonyl (C=O) groups is 2. The molecule has 0 atom stereocenters. The van der Waals surface area contributed by atoms with Gasteiger partial charge in [-0.15, -0.1) is 0 Å². The Bertz CT molecular complexity index is 1300. The third-order valence-electron chi connectivity index (χ3n) is 6.23. The first-order valence-corrected chi connectivity index (χ1v) is 12.5. The SMILES string of the molecule is CC(C)N1CCn2c(CNC(=O)CCc3cccc(Cl)c3)cc(=O)c(OCc3ccccc3)c2C1=O. The van der Waals surface area contributed by atoms with Crippen LogP contribution in [-0.4, -0.2) is 33.9 Å². The molecule has 0 spiro atoms. The van der Waals surface area contributed by atoms with Crippen molar-refractivity contribution in [2.45, 2.75) is 52.4 Å². The fourth-order valence-corrected chi connectivity index (χ4v) is 4.54. The van der Waals surface area contributed by atoms with Crippen LogP contribution in [0.5, 0.6) is 5.75 Å². The van der Waals surface area contributed by atoms with Gasteiger partial charge in [0.05, 0.1) is 6.54 Å². The molecule has 188 valence electrons. The lowest BCUT2D eigenvalue weighted by molar-refractivity contribution is -0.121. The van der Waals surface area contributed by atoms with E-state index >= 15 is 0 Å². The van der Waals surface area contributed by atoms with Gasteiger partial charge in [-0.25, -0.2) is 0 Å². The molecule has 0 bridgehead atoms. The maximum absolute atomic E-state index is 13.4. The lowest BCUT2D eigenvalue weighted by Gasteiger charge is -2.35. The van der Waals surface area contributed by atoms with Crippen LogP contribution in [0.3, 0.4) is 0 Å². The van der Waals surface area contributed by atoms with Gasteiger partial charge in [-0.2, -0.15) is 0 Å². The van der Waals surface area contributed by atoms with E-state index in [0.717, 1.165) is 11.1 Å². The minimum absolute atomic E-state index is 0.0156. The third-order valence-corrected chi connectivity index (χ3v) is 6.46. The fraction of sp³-hybridized carbons (Fsp3) is 0.321. The highest BCUT2D eigenvalue weighted by Gasteiger charge is 2.32. The summed E-state index contributed by atoms with van der Waals surface area (Å²) >= 11 is 6.02. The van der Waals surface area contributed by atoms with Crippen molar-refractivity contribution in [3.8, 4) is 5.75 Å². The molecule has 0 fully saturated rings. The molecule has 0 saturated carbocycles. The van der Waals surface area contributed by atoms with Crippen molar-refractivity contribution < 1.29 is 14.3 Å². The summed E-state index contributed by atoms with van der Waals surface area (Å²) in [4.78, 5) is 40.8. The molecule has 1 aliphatic heterocycles. The number of carbonyl (C=O) groups excluding carboxylic acids is 2. The number of hydrogen-bond donors (Lipinski definition) is 1. The van der Waals surface area contributed by atoms with E-state index in [0.29, 0.717) is 30.2 Å². The van der Waals surface area contributed by atoms with Gasteiger partial charge >= 0.3 is 0 Å². The maximum atomic E-state index is 13.4. The van der Waals surface area contributed by atoms with E-state index in [4.69, 9.17) is 16.3 Å². The van der Waals surface area contributed by atoms with E-state index in [1.54, 1.807) is 15.5 Å². The van der Waals surface area contributed by atoms with Crippen molar-refractivity contribution in [2.75, 3.05) is 6.54 Å². The van der Waals surface area contributed by atoms with Gasteiger partial charge in [-0.05, 0) is 43.5 Å². The first-order valence-electron chi connectivity index (χ1n) is 12.1. The zero-order valence-electron chi connectivity index (χ0n) is 20.5. The summed E-state index contributed by atoms with van der Waals surface area (Å²) in [5.74, 6) is -0.345. The summed E-state index contributed by atoms with van der Waals surface area (Å²) in [7, 11) is 0. The van der Waals surface area contributed by atoms with Crippen LogP contribution in [0.15, 0.2) is 65.5 Å². The highest BCUT2D eigenvalue weighted by molar-refractivity contribution is 6.30. The lowest BCUT2D eigenvalue weighted by atomic mass is 10.1. The zero-order chi connectivity index (χ0) is 25.7. The van der Waals surface area contributed by atoms with E-state index in [1.807, 2.05) is 62.4 Å². The molecule has 2 heterocycles. The van der Waals surface area contributed by atoms with Crippen LogP contribution in [0.25, 0.3) is 0 Å². The number of aromatic nitrogens is 1. The Morgan fingerprint density at radius 2 is 1.78 bits per heavy atom. The van der Waals surface area contributed by atoms with Crippen LogP contribution in [0.1, 0.15) is 47.6 Å². The Balaban J connectivity index is 1.54. The van der Waals surface area contributed by atoms with Crippen molar-refractivity contribution >= 4 is 23.4 Å². The normalized spacial score (nSPS) is 13.0. The number of aryl methyl sites for hydroxylation is 1. The van der Waals surface area contributed by atoms with Crippen LogP contribution in [0.4, 0.5) is 0 Å². The largest absolute Gasteiger partial charge is 0.483 e. The number of nitrogens with one attached hydrogen (secondary N) is 1. The Morgan fingerprint density at radius 3 is 2.50 bits per heavy atom. The average Bonchev–Trinajstić information content (AvgIpc) is 2.86. The number of ether oxygens (including phenoxy) is 1. The van der Waals surface area contributed by atoms with Gasteiger partial charge < -0.3 is 19.5 Å². The van der Waals surface area contributed by atoms with Crippen LogP contribution >= 0.6 is 11.6 Å². The third kappa shape index (κ3) is 5.97. The highest BCUT2D eigenvalue weighted by Crippen LogP contribution is 2.24. The lowest BCUT2D eigenvalue weighted by Crippen LogP contribution is -2.46. The van der Waals surface area contributed by atoms with Crippen LogP contribution in [0.2, 0.25) is 5.02 Å². The molecule has 1 N–H and O–H groups in total. The molecule has 2 aromatic carbocycles. The molecule has 1 aromatic heterocycles. The molecule has 4 rings (SSSR count). The average molecular weight is 508 g/mol. The Kier molecular flexibility index (Phi) is 8.10. The molecule has 2 amide bonds. The number of rotatable bonds is 9. The summed E-state index contributed by atoms with van der Waals surface area (Å²) in [6.07, 6.45) is 0.842. The highest BCUT2D eigenvalue weighted by atomic mass is 35.5. The van der Waals surface area contributed by atoms with Crippen LogP contribution in [0, 0.1) is 0 Å². The quantitative estimate of drug-likeness (QED) is 0.471. The second kappa shape index (κ2) is 11.4.